The summed E-state index contributed by atoms with van der Waals surface area (Å²) in [5.74, 6) is 1.72. The van der Waals surface area contributed by atoms with E-state index in [9.17, 15) is 9.59 Å². The van der Waals surface area contributed by atoms with Crippen LogP contribution in [0.5, 0.6) is 17.2 Å². The number of hydrogen-bond acceptors (Lipinski definition) is 6. The number of β-lactam (4-membered cyclic amide) rings is 2. The molecule has 7 rings (SSSR count). The van der Waals surface area contributed by atoms with E-state index in [4.69, 9.17) is 14.2 Å². The van der Waals surface area contributed by atoms with Crippen LogP contribution in [0.4, 0.5) is 0 Å². The Hall–Kier alpha value is -3.65. The normalized spacial score (nSPS) is 27.6. The predicted octanol–water partition coefficient (Wildman–Crippen LogP) is 3.73. The Morgan fingerprint density at radius 1 is 0.944 bits per heavy atom. The lowest BCUT2D eigenvalue weighted by molar-refractivity contribution is -0.195. The third-order valence-electron chi connectivity index (χ3n) is 7.70. The van der Waals surface area contributed by atoms with E-state index in [1.54, 1.807) is 16.7 Å². The van der Waals surface area contributed by atoms with Crippen LogP contribution in [0, 0.1) is 0 Å². The third-order valence-corrected chi connectivity index (χ3v) is 8.98. The van der Waals surface area contributed by atoms with Crippen LogP contribution in [0.2, 0.25) is 0 Å². The number of thioether (sulfide) groups is 1. The molecule has 0 saturated carbocycles. The lowest BCUT2D eigenvalue weighted by Crippen LogP contribution is -2.81. The van der Waals surface area contributed by atoms with E-state index in [2.05, 4.69) is 12.1 Å². The fourth-order valence-electron chi connectivity index (χ4n) is 6.05. The molecule has 3 aromatic rings. The number of para-hydroxylation sites is 1. The van der Waals surface area contributed by atoms with Gasteiger partial charge in [0.05, 0.1) is 0 Å². The van der Waals surface area contributed by atoms with Crippen molar-refractivity contribution in [1.29, 1.82) is 0 Å². The van der Waals surface area contributed by atoms with Gasteiger partial charge in [0.25, 0.3) is 11.8 Å². The second kappa shape index (κ2) is 7.93. The van der Waals surface area contributed by atoms with Crippen LogP contribution in [0.25, 0.3) is 0 Å². The van der Waals surface area contributed by atoms with Gasteiger partial charge in [-0.25, -0.2) is 0 Å². The second-order valence-corrected chi connectivity index (χ2v) is 10.4. The topological polar surface area (TPSA) is 68.3 Å². The summed E-state index contributed by atoms with van der Waals surface area (Å²) in [4.78, 5) is 30.4. The Kier molecular flexibility index (Phi) is 4.76. The van der Waals surface area contributed by atoms with E-state index in [1.807, 2.05) is 71.8 Å². The number of carbonyl (C=O) groups excluding carboxylic acids is 2. The van der Waals surface area contributed by atoms with Crippen molar-refractivity contribution in [3.8, 4) is 17.2 Å². The third kappa shape index (κ3) is 2.82. The Bertz CT molecular complexity index is 1380. The molecular weight excluding hydrogens is 476 g/mol. The van der Waals surface area contributed by atoms with Gasteiger partial charge in [0.1, 0.15) is 22.7 Å². The SMILES string of the molecule is CS[C@]12c3ccccc3CCN1C(=O)[C@@H]2N1C(=O)[C@H](Oc2ccccc2)[C@@H]1c1ccc2c(c1)OCO2. The number of amides is 2. The molecule has 0 unspecified atom stereocenters. The van der Waals surface area contributed by atoms with Crippen molar-refractivity contribution in [3.05, 3.63) is 89.5 Å². The molecule has 3 aromatic carbocycles. The molecule has 2 amide bonds. The summed E-state index contributed by atoms with van der Waals surface area (Å²) in [6, 6.07) is 22.2. The maximum absolute atomic E-state index is 13.8. The first-order valence-corrected chi connectivity index (χ1v) is 13.2. The van der Waals surface area contributed by atoms with Crippen molar-refractivity contribution >= 4 is 23.6 Å². The summed E-state index contributed by atoms with van der Waals surface area (Å²) < 4.78 is 17.3. The molecule has 4 aliphatic heterocycles. The number of carbonyl (C=O) groups is 2. The Morgan fingerprint density at radius 2 is 1.72 bits per heavy atom. The molecule has 0 N–H and O–H groups in total. The Morgan fingerprint density at radius 3 is 2.56 bits per heavy atom. The van der Waals surface area contributed by atoms with Crippen LogP contribution in [0.3, 0.4) is 0 Å². The van der Waals surface area contributed by atoms with Crippen LogP contribution in [0.15, 0.2) is 72.8 Å². The standard InChI is InChI=1S/C28H24N2O5S/c1-36-28-20-10-6-5-7-17(20)13-14-29(28)27(32)25(28)30-23(18-11-12-21-22(15-18)34-16-33-21)24(26(30)31)35-19-8-3-2-4-9-19/h2-12,15,23-25H,13-14,16H2,1H3/t23-,24+,25-,28-/m0/s1. The average molecular weight is 501 g/mol. The quantitative estimate of drug-likeness (QED) is 0.498. The van der Waals surface area contributed by atoms with Crippen LogP contribution >= 0.6 is 11.8 Å². The lowest BCUT2D eigenvalue weighted by Gasteiger charge is -2.65. The summed E-state index contributed by atoms with van der Waals surface area (Å²) in [7, 11) is 0. The molecular formula is C28H24N2O5S. The minimum atomic E-state index is -0.743. The lowest BCUT2D eigenvalue weighted by atomic mass is 9.76. The van der Waals surface area contributed by atoms with Gasteiger partial charge < -0.3 is 24.0 Å². The highest BCUT2D eigenvalue weighted by molar-refractivity contribution is 7.99. The number of likely N-dealkylation sites (tertiary alicyclic amines) is 1. The number of rotatable bonds is 5. The molecule has 0 aromatic heterocycles. The maximum atomic E-state index is 13.8. The molecule has 182 valence electrons. The summed E-state index contributed by atoms with van der Waals surface area (Å²) in [5, 5.41) is 0. The molecule has 0 spiro atoms. The molecule has 4 aliphatic rings. The second-order valence-electron chi connectivity index (χ2n) is 9.35. The van der Waals surface area contributed by atoms with Crippen molar-refractivity contribution in [2.75, 3.05) is 19.6 Å². The van der Waals surface area contributed by atoms with Crippen LogP contribution < -0.4 is 14.2 Å². The molecule has 2 saturated heterocycles. The molecule has 0 radical (unpaired) electrons. The molecule has 4 atom stereocenters. The minimum Gasteiger partial charge on any atom is -0.478 e. The summed E-state index contributed by atoms with van der Waals surface area (Å²) in [6.45, 7) is 0.812. The van der Waals surface area contributed by atoms with Crippen molar-refractivity contribution in [3.63, 3.8) is 0 Å². The van der Waals surface area contributed by atoms with E-state index in [1.165, 1.54) is 5.56 Å². The zero-order valence-electron chi connectivity index (χ0n) is 19.6. The monoisotopic (exact) mass is 500 g/mol. The van der Waals surface area contributed by atoms with Gasteiger partial charge in [0.2, 0.25) is 12.9 Å². The fraction of sp³-hybridized carbons (Fsp3) is 0.286. The van der Waals surface area contributed by atoms with Gasteiger partial charge in [-0.1, -0.05) is 48.5 Å². The van der Waals surface area contributed by atoms with E-state index in [0.29, 0.717) is 23.8 Å². The van der Waals surface area contributed by atoms with Crippen LogP contribution in [0.1, 0.15) is 22.7 Å². The highest BCUT2D eigenvalue weighted by Crippen LogP contribution is 2.58. The first-order chi connectivity index (χ1) is 17.6. The largest absolute Gasteiger partial charge is 0.478 e. The minimum absolute atomic E-state index is 0.0175. The highest BCUT2D eigenvalue weighted by Gasteiger charge is 2.70. The van der Waals surface area contributed by atoms with Crippen LogP contribution in [-0.2, 0) is 20.9 Å². The van der Waals surface area contributed by atoms with Gasteiger partial charge in [0.15, 0.2) is 11.5 Å². The summed E-state index contributed by atoms with van der Waals surface area (Å²) in [5.41, 5.74) is 3.19. The first-order valence-electron chi connectivity index (χ1n) is 12.0. The molecule has 8 heteroatoms. The molecule has 7 nitrogen and oxygen atoms in total. The first kappa shape index (κ1) is 21.6. The summed E-state index contributed by atoms with van der Waals surface area (Å²) >= 11 is 1.63. The van der Waals surface area contributed by atoms with Gasteiger partial charge >= 0.3 is 0 Å². The van der Waals surface area contributed by atoms with Crippen molar-refractivity contribution in [2.45, 2.75) is 29.5 Å². The van der Waals surface area contributed by atoms with Crippen molar-refractivity contribution in [2.24, 2.45) is 0 Å². The molecule has 0 bridgehead atoms. The zero-order valence-corrected chi connectivity index (χ0v) is 20.4. The smallest absolute Gasteiger partial charge is 0.267 e. The van der Waals surface area contributed by atoms with Crippen molar-refractivity contribution in [1.82, 2.24) is 9.80 Å². The number of nitrogens with zero attached hydrogens (tertiary/aromatic N) is 2. The number of benzene rings is 3. The molecule has 36 heavy (non-hydrogen) atoms. The zero-order chi connectivity index (χ0) is 24.4. The van der Waals surface area contributed by atoms with E-state index >= 15 is 0 Å². The number of ether oxygens (including phenoxy) is 3. The van der Waals surface area contributed by atoms with Gasteiger partial charge in [-0.2, -0.15) is 0 Å². The van der Waals surface area contributed by atoms with Gasteiger partial charge in [0, 0.05) is 6.54 Å². The van der Waals surface area contributed by atoms with Gasteiger partial charge in [-0.05, 0) is 53.6 Å². The Labute approximate surface area is 212 Å². The summed E-state index contributed by atoms with van der Waals surface area (Å²) in [6.07, 6.45) is 2.09. The number of hydrogen-bond donors (Lipinski definition) is 0. The molecule has 4 heterocycles. The van der Waals surface area contributed by atoms with Gasteiger partial charge in [-0.3, -0.25) is 9.59 Å². The van der Waals surface area contributed by atoms with Crippen LogP contribution in [-0.4, -0.2) is 53.4 Å². The highest BCUT2D eigenvalue weighted by atomic mass is 32.2. The Balaban J connectivity index is 1.32. The van der Waals surface area contributed by atoms with Gasteiger partial charge in [-0.15, -0.1) is 11.8 Å². The fourth-order valence-corrected chi connectivity index (χ4v) is 7.31. The van der Waals surface area contributed by atoms with E-state index < -0.39 is 23.1 Å². The maximum Gasteiger partial charge on any atom is 0.267 e. The van der Waals surface area contributed by atoms with E-state index in [-0.39, 0.29) is 18.6 Å². The molecule has 2 fully saturated rings. The number of fused-ring (bicyclic) bond motifs is 4. The van der Waals surface area contributed by atoms with E-state index in [0.717, 1.165) is 17.5 Å². The molecule has 0 aliphatic carbocycles. The average Bonchev–Trinajstić information content (AvgIpc) is 3.39. The predicted molar refractivity (Wildman–Crippen MR) is 134 cm³/mol. The van der Waals surface area contributed by atoms with Crippen molar-refractivity contribution < 1.29 is 23.8 Å².